The number of anilines is 1. The Bertz CT molecular complexity index is 1590. The Hall–Kier alpha value is -4.21. The Morgan fingerprint density at radius 2 is 1.71 bits per heavy atom. The molecule has 10 heteroatoms. The molecule has 1 N–H and O–H groups in total. The number of halogens is 1. The van der Waals surface area contributed by atoms with E-state index in [4.69, 9.17) is 16.6 Å². The van der Waals surface area contributed by atoms with Crippen LogP contribution in [0.5, 0.6) is 0 Å². The Morgan fingerprint density at radius 1 is 0.921 bits per heavy atom. The summed E-state index contributed by atoms with van der Waals surface area (Å²) < 4.78 is 3.55. The highest BCUT2D eigenvalue weighted by molar-refractivity contribution is 6.34. The molecule has 1 aromatic carbocycles. The first-order chi connectivity index (χ1) is 18.5. The van der Waals surface area contributed by atoms with Gasteiger partial charge in [0.15, 0.2) is 6.10 Å². The van der Waals surface area contributed by atoms with Gasteiger partial charge in [-0.3, -0.25) is 9.48 Å². The molecule has 1 fully saturated rings. The van der Waals surface area contributed by atoms with E-state index in [0.29, 0.717) is 36.8 Å². The smallest absolute Gasteiger partial charge is 0.256 e. The van der Waals surface area contributed by atoms with E-state index in [2.05, 4.69) is 21.2 Å². The van der Waals surface area contributed by atoms with Crippen LogP contribution in [-0.2, 0) is 11.8 Å². The van der Waals surface area contributed by atoms with Crippen LogP contribution in [0.3, 0.4) is 0 Å². The number of aliphatic hydroxyl groups excluding tert-OH is 1. The van der Waals surface area contributed by atoms with Crippen molar-refractivity contribution in [2.45, 2.75) is 6.10 Å². The van der Waals surface area contributed by atoms with Crippen molar-refractivity contribution >= 4 is 28.8 Å². The molecule has 5 heterocycles. The molecule has 0 bridgehead atoms. The van der Waals surface area contributed by atoms with E-state index >= 15 is 0 Å². The van der Waals surface area contributed by atoms with Gasteiger partial charge in [-0.05, 0) is 23.8 Å². The third-order valence-electron chi connectivity index (χ3n) is 6.93. The van der Waals surface area contributed by atoms with Crippen molar-refractivity contribution in [3.05, 3.63) is 90.1 Å². The first-order valence-electron chi connectivity index (χ1n) is 12.4. The maximum atomic E-state index is 12.8. The molecule has 4 aromatic heterocycles. The molecule has 1 atom stereocenters. The maximum absolute atomic E-state index is 12.8. The number of piperazine rings is 1. The number of aromatic nitrogens is 5. The lowest BCUT2D eigenvalue weighted by atomic mass is 10.0. The Balaban J connectivity index is 1.20. The highest BCUT2D eigenvalue weighted by atomic mass is 35.5. The van der Waals surface area contributed by atoms with Gasteiger partial charge in [0, 0.05) is 74.1 Å². The van der Waals surface area contributed by atoms with Gasteiger partial charge in [0.2, 0.25) is 0 Å². The number of fused-ring (bicyclic) bond motifs is 1. The van der Waals surface area contributed by atoms with Gasteiger partial charge < -0.3 is 14.9 Å². The van der Waals surface area contributed by atoms with Gasteiger partial charge in [-0.2, -0.15) is 10.2 Å². The van der Waals surface area contributed by atoms with Gasteiger partial charge in [-0.25, -0.2) is 9.50 Å². The molecule has 1 amide bonds. The lowest BCUT2D eigenvalue weighted by molar-refractivity contribution is -0.140. The molecule has 1 saturated heterocycles. The normalized spacial score (nSPS) is 14.7. The minimum absolute atomic E-state index is 0.269. The Morgan fingerprint density at radius 3 is 2.39 bits per heavy atom. The number of hydrogen-bond donors (Lipinski definition) is 1. The minimum atomic E-state index is -1.14. The van der Waals surface area contributed by atoms with Crippen molar-refractivity contribution in [2.75, 3.05) is 31.1 Å². The van der Waals surface area contributed by atoms with Crippen molar-refractivity contribution in [3.8, 4) is 22.3 Å². The van der Waals surface area contributed by atoms with Crippen molar-refractivity contribution < 1.29 is 9.90 Å². The summed E-state index contributed by atoms with van der Waals surface area (Å²) in [5.74, 6) is 0.567. The Kier molecular flexibility index (Phi) is 6.30. The van der Waals surface area contributed by atoms with Crippen LogP contribution >= 0.6 is 11.6 Å². The summed E-state index contributed by atoms with van der Waals surface area (Å²) in [6.07, 6.45) is 8.07. The highest BCUT2D eigenvalue weighted by Gasteiger charge is 2.27. The van der Waals surface area contributed by atoms with Gasteiger partial charge in [-0.1, -0.05) is 41.9 Å². The standard InChI is InChI=1S/C28H26ClN7O2/c1-33-17-22(15-31-33)21-13-23(26-24(29)16-32-36(26)18-21)20-7-8-25(30-14-20)34-9-11-35(12-10-34)28(38)27(37)19-5-3-2-4-6-19/h2-8,13-18,27,37H,9-12H2,1H3. The SMILES string of the molecule is Cn1cc(-c2cc(-c3ccc(N4CCN(C(=O)C(O)c5ccccc5)CC4)nc3)c3c(Cl)cnn3c2)cn1. The number of hydrogen-bond acceptors (Lipinski definition) is 6. The molecular formula is C28H26ClN7O2. The molecule has 9 nitrogen and oxygen atoms in total. The number of rotatable bonds is 5. The number of carbonyl (C=O) groups excluding carboxylic acids is 1. The second kappa shape index (κ2) is 9.92. The lowest BCUT2D eigenvalue weighted by Crippen LogP contribution is -2.50. The number of pyridine rings is 2. The average Bonchev–Trinajstić information content (AvgIpc) is 3.58. The van der Waals surface area contributed by atoms with Crippen LogP contribution in [-0.4, -0.2) is 66.5 Å². The van der Waals surface area contributed by atoms with Crippen molar-refractivity contribution in [3.63, 3.8) is 0 Å². The summed E-state index contributed by atoms with van der Waals surface area (Å²) in [5, 5.41) is 19.8. The summed E-state index contributed by atoms with van der Waals surface area (Å²) in [7, 11) is 1.89. The molecule has 1 aliphatic rings. The summed E-state index contributed by atoms with van der Waals surface area (Å²) >= 11 is 6.51. The van der Waals surface area contributed by atoms with Crippen molar-refractivity contribution in [1.29, 1.82) is 0 Å². The zero-order valence-electron chi connectivity index (χ0n) is 20.8. The molecular weight excluding hydrogens is 502 g/mol. The van der Waals surface area contributed by atoms with Crippen LogP contribution in [0.2, 0.25) is 5.02 Å². The first kappa shape index (κ1) is 24.1. The molecule has 0 radical (unpaired) electrons. The fourth-order valence-corrected chi connectivity index (χ4v) is 5.10. The van der Waals surface area contributed by atoms with E-state index in [1.165, 1.54) is 0 Å². The predicted octanol–water partition coefficient (Wildman–Crippen LogP) is 3.83. The predicted molar refractivity (Wildman–Crippen MR) is 146 cm³/mol. The van der Waals surface area contributed by atoms with E-state index in [9.17, 15) is 9.90 Å². The largest absolute Gasteiger partial charge is 0.378 e. The number of carbonyl (C=O) groups is 1. The van der Waals surface area contributed by atoms with E-state index in [1.807, 2.05) is 62.2 Å². The number of nitrogens with zero attached hydrogens (tertiary/aromatic N) is 7. The van der Waals surface area contributed by atoms with Crippen molar-refractivity contribution in [2.24, 2.45) is 7.05 Å². The fourth-order valence-electron chi connectivity index (χ4n) is 4.87. The fraction of sp³-hybridized carbons (Fsp3) is 0.214. The first-order valence-corrected chi connectivity index (χ1v) is 12.7. The number of aliphatic hydroxyl groups is 1. The maximum Gasteiger partial charge on any atom is 0.256 e. The number of amides is 1. The molecule has 192 valence electrons. The zero-order chi connectivity index (χ0) is 26.2. The second-order valence-corrected chi connectivity index (χ2v) is 9.77. The summed E-state index contributed by atoms with van der Waals surface area (Å²) in [6, 6.07) is 15.1. The van der Waals surface area contributed by atoms with Gasteiger partial charge in [-0.15, -0.1) is 0 Å². The number of benzene rings is 1. The molecule has 0 saturated carbocycles. The van der Waals surface area contributed by atoms with Crippen LogP contribution in [0, 0.1) is 0 Å². The molecule has 5 aromatic rings. The van der Waals surface area contributed by atoms with Crippen LogP contribution in [0.1, 0.15) is 11.7 Å². The topological polar surface area (TPSA) is 91.8 Å². The van der Waals surface area contributed by atoms with Crippen LogP contribution in [0.25, 0.3) is 27.8 Å². The average molecular weight is 528 g/mol. The van der Waals surface area contributed by atoms with Gasteiger partial charge in [0.05, 0.1) is 22.9 Å². The third kappa shape index (κ3) is 4.51. The van der Waals surface area contributed by atoms with E-state index in [0.717, 1.165) is 33.6 Å². The van der Waals surface area contributed by atoms with Crippen molar-refractivity contribution in [1.82, 2.24) is 29.3 Å². The van der Waals surface area contributed by atoms with Crippen LogP contribution < -0.4 is 4.90 Å². The minimum Gasteiger partial charge on any atom is -0.378 e. The summed E-state index contributed by atoms with van der Waals surface area (Å²) in [5.41, 5.74) is 5.24. The summed E-state index contributed by atoms with van der Waals surface area (Å²) in [4.78, 5) is 21.4. The molecule has 0 aliphatic carbocycles. The monoisotopic (exact) mass is 527 g/mol. The molecule has 0 spiro atoms. The quantitative estimate of drug-likeness (QED) is 0.373. The number of aryl methyl sites for hydroxylation is 1. The lowest BCUT2D eigenvalue weighted by Gasteiger charge is -2.36. The molecule has 38 heavy (non-hydrogen) atoms. The zero-order valence-corrected chi connectivity index (χ0v) is 21.5. The summed E-state index contributed by atoms with van der Waals surface area (Å²) in [6.45, 7) is 2.31. The van der Waals surface area contributed by atoms with Gasteiger partial charge >= 0.3 is 0 Å². The highest BCUT2D eigenvalue weighted by Crippen LogP contribution is 2.34. The third-order valence-corrected chi connectivity index (χ3v) is 7.21. The van der Waals surface area contributed by atoms with Gasteiger partial charge in [0.1, 0.15) is 5.82 Å². The van der Waals surface area contributed by atoms with Crippen LogP contribution in [0.4, 0.5) is 5.82 Å². The van der Waals surface area contributed by atoms with Crippen LogP contribution in [0.15, 0.2) is 79.5 Å². The molecule has 6 rings (SSSR count). The van der Waals surface area contributed by atoms with E-state index in [-0.39, 0.29) is 5.91 Å². The second-order valence-electron chi connectivity index (χ2n) is 9.36. The molecule has 1 unspecified atom stereocenters. The van der Waals surface area contributed by atoms with Gasteiger partial charge in [0.25, 0.3) is 5.91 Å². The van der Waals surface area contributed by atoms with E-state index < -0.39 is 6.10 Å². The molecule has 1 aliphatic heterocycles. The van der Waals surface area contributed by atoms with E-state index in [1.54, 1.807) is 32.4 Å². The Labute approximate surface area is 224 Å².